The van der Waals surface area contributed by atoms with Gasteiger partial charge in [0.1, 0.15) is 11.5 Å². The van der Waals surface area contributed by atoms with Crippen LogP contribution < -0.4 is 9.47 Å². The first-order valence-electron chi connectivity index (χ1n) is 9.34. The highest BCUT2D eigenvalue weighted by atomic mass is 79.9. The second-order valence-electron chi connectivity index (χ2n) is 7.81. The van der Waals surface area contributed by atoms with Crippen LogP contribution in [-0.2, 0) is 18.3 Å². The predicted molar refractivity (Wildman–Crippen MR) is 110 cm³/mol. The average molecular weight is 478 g/mol. The summed E-state index contributed by atoms with van der Waals surface area (Å²) in [6.07, 6.45) is 6.11. The van der Waals surface area contributed by atoms with Gasteiger partial charge < -0.3 is 9.47 Å². The van der Waals surface area contributed by atoms with E-state index in [0.717, 1.165) is 24.3 Å². The molecule has 0 unspecified atom stereocenters. The van der Waals surface area contributed by atoms with Crippen LogP contribution in [0.2, 0.25) is 0 Å². The normalized spacial score (nSPS) is 28.2. The van der Waals surface area contributed by atoms with E-state index in [9.17, 15) is 0 Å². The summed E-state index contributed by atoms with van der Waals surface area (Å²) in [4.78, 5) is 0. The first-order chi connectivity index (χ1) is 12.6. The van der Waals surface area contributed by atoms with E-state index in [-0.39, 0.29) is 5.41 Å². The van der Waals surface area contributed by atoms with E-state index in [1.54, 1.807) is 14.2 Å². The summed E-state index contributed by atoms with van der Waals surface area (Å²) in [5, 5.41) is 0. The van der Waals surface area contributed by atoms with E-state index in [1.165, 1.54) is 50.5 Å². The Morgan fingerprint density at radius 1 is 0.808 bits per heavy atom. The molecule has 0 saturated heterocycles. The van der Waals surface area contributed by atoms with Crippen LogP contribution in [0.3, 0.4) is 0 Å². The fraction of sp³-hybridized carbons (Fsp3) is 0.455. The molecule has 2 aromatic carbocycles. The smallest absolute Gasteiger partial charge is 0.123 e. The number of ether oxygens (including phenoxy) is 2. The van der Waals surface area contributed by atoms with Gasteiger partial charge >= 0.3 is 0 Å². The molecule has 2 nitrogen and oxygen atoms in total. The molecule has 1 fully saturated rings. The molecular weight excluding hydrogens is 456 g/mol. The second-order valence-corrected chi connectivity index (χ2v) is 9.52. The number of fused-ring (bicyclic) bond motifs is 2. The summed E-state index contributed by atoms with van der Waals surface area (Å²) < 4.78 is 14.3. The molecule has 3 aliphatic carbocycles. The highest BCUT2D eigenvalue weighted by Gasteiger charge is 2.61. The van der Waals surface area contributed by atoms with Crippen molar-refractivity contribution in [3.05, 3.63) is 55.5 Å². The zero-order valence-corrected chi connectivity index (χ0v) is 18.2. The highest BCUT2D eigenvalue weighted by molar-refractivity contribution is 9.10. The van der Waals surface area contributed by atoms with Crippen LogP contribution in [0.15, 0.2) is 33.2 Å². The standard InChI is InChI=1S/C22H22Br2O2/c1-25-18-8-6-16(23)14-10-12-4-3-5-13-11-15-17(24)7-9-19(26-2)21(15)22(12,13)20(14)18/h6-9,12-13H,3-5,10-11H2,1-2H3/t12-,13-,22?/m0/s1. The van der Waals surface area contributed by atoms with Crippen LogP contribution in [0, 0.1) is 11.8 Å². The van der Waals surface area contributed by atoms with Gasteiger partial charge in [-0.25, -0.2) is 0 Å². The Labute approximate surface area is 171 Å². The van der Waals surface area contributed by atoms with Crippen molar-refractivity contribution in [3.63, 3.8) is 0 Å². The Kier molecular flexibility index (Phi) is 3.95. The first-order valence-corrected chi connectivity index (χ1v) is 10.9. The average Bonchev–Trinajstić information content (AvgIpc) is 3.19. The Morgan fingerprint density at radius 2 is 1.27 bits per heavy atom. The van der Waals surface area contributed by atoms with Gasteiger partial charge in [0.25, 0.3) is 0 Å². The maximum atomic E-state index is 5.91. The fourth-order valence-electron chi connectivity index (χ4n) is 6.21. The molecule has 0 aliphatic heterocycles. The SMILES string of the molecule is COc1ccc(Br)c2c1C13c4c(OC)ccc(Br)c4C[C@@H]1CCC[C@H]3C2. The molecule has 5 rings (SSSR count). The maximum Gasteiger partial charge on any atom is 0.123 e. The number of methoxy groups -OCH3 is 2. The lowest BCUT2D eigenvalue weighted by Gasteiger charge is -2.44. The summed E-state index contributed by atoms with van der Waals surface area (Å²) in [7, 11) is 3.61. The third kappa shape index (κ3) is 1.98. The number of hydrogen-bond donors (Lipinski definition) is 0. The highest BCUT2D eigenvalue weighted by Crippen LogP contribution is 2.67. The molecule has 0 radical (unpaired) electrons. The van der Waals surface area contributed by atoms with Gasteiger partial charge in [-0.05, 0) is 72.9 Å². The van der Waals surface area contributed by atoms with Crippen LogP contribution in [0.4, 0.5) is 0 Å². The van der Waals surface area contributed by atoms with Gasteiger partial charge in [0.15, 0.2) is 0 Å². The first kappa shape index (κ1) is 17.1. The molecule has 1 saturated carbocycles. The van der Waals surface area contributed by atoms with Crippen molar-refractivity contribution in [1.29, 1.82) is 0 Å². The van der Waals surface area contributed by atoms with Crippen molar-refractivity contribution in [2.75, 3.05) is 14.2 Å². The van der Waals surface area contributed by atoms with Crippen molar-refractivity contribution >= 4 is 31.9 Å². The number of rotatable bonds is 2. The predicted octanol–water partition coefficient (Wildman–Crippen LogP) is 6.04. The quantitative estimate of drug-likeness (QED) is 0.524. The number of halogens is 2. The largest absolute Gasteiger partial charge is 0.496 e. The summed E-state index contributed by atoms with van der Waals surface area (Å²) >= 11 is 7.66. The van der Waals surface area contributed by atoms with Crippen LogP contribution in [0.25, 0.3) is 0 Å². The Bertz CT molecular complexity index is 832. The van der Waals surface area contributed by atoms with Gasteiger partial charge in [0.2, 0.25) is 0 Å². The van der Waals surface area contributed by atoms with Crippen molar-refractivity contribution in [2.45, 2.75) is 37.5 Å². The number of hydrogen-bond acceptors (Lipinski definition) is 2. The molecule has 2 aromatic rings. The Hall–Kier alpha value is -1.00. The third-order valence-electron chi connectivity index (χ3n) is 7.00. The summed E-state index contributed by atoms with van der Waals surface area (Å²) in [5.41, 5.74) is 5.73. The lowest BCUT2D eigenvalue weighted by molar-refractivity contribution is 0.170. The molecule has 0 N–H and O–H groups in total. The third-order valence-corrected chi connectivity index (χ3v) is 8.48. The van der Waals surface area contributed by atoms with Gasteiger partial charge in [-0.2, -0.15) is 0 Å². The lowest BCUT2D eigenvalue weighted by Crippen LogP contribution is -2.41. The minimum atomic E-state index is 0.0210. The topological polar surface area (TPSA) is 18.5 Å². The van der Waals surface area contributed by atoms with Crippen molar-refractivity contribution in [2.24, 2.45) is 11.8 Å². The second kappa shape index (κ2) is 6.00. The Balaban J connectivity index is 1.90. The van der Waals surface area contributed by atoms with Crippen molar-refractivity contribution < 1.29 is 9.47 Å². The van der Waals surface area contributed by atoms with E-state index < -0.39 is 0 Å². The molecule has 0 aromatic heterocycles. The molecule has 0 amide bonds. The van der Waals surface area contributed by atoms with E-state index in [0.29, 0.717) is 11.8 Å². The molecule has 0 bridgehead atoms. The van der Waals surface area contributed by atoms with Crippen molar-refractivity contribution in [1.82, 2.24) is 0 Å². The summed E-state index contributed by atoms with van der Waals surface area (Å²) in [6, 6.07) is 8.56. The van der Waals surface area contributed by atoms with Gasteiger partial charge in [-0.3, -0.25) is 0 Å². The monoisotopic (exact) mass is 476 g/mol. The molecule has 4 heteroatoms. The van der Waals surface area contributed by atoms with E-state index in [2.05, 4.69) is 56.1 Å². The van der Waals surface area contributed by atoms with Gasteiger partial charge in [-0.15, -0.1) is 0 Å². The fourth-order valence-corrected chi connectivity index (χ4v) is 7.19. The van der Waals surface area contributed by atoms with E-state index in [1.807, 2.05) is 0 Å². The molecule has 26 heavy (non-hydrogen) atoms. The van der Waals surface area contributed by atoms with Crippen molar-refractivity contribution in [3.8, 4) is 11.5 Å². The Morgan fingerprint density at radius 3 is 1.69 bits per heavy atom. The number of benzene rings is 2. The molecule has 136 valence electrons. The molecule has 0 heterocycles. The maximum absolute atomic E-state index is 5.91. The van der Waals surface area contributed by atoms with Crippen LogP contribution in [0.5, 0.6) is 11.5 Å². The zero-order chi connectivity index (χ0) is 18.1. The van der Waals surface area contributed by atoms with Crippen LogP contribution >= 0.6 is 31.9 Å². The van der Waals surface area contributed by atoms with E-state index >= 15 is 0 Å². The van der Waals surface area contributed by atoms with Gasteiger partial charge in [0, 0.05) is 25.5 Å². The molecule has 2 atom stereocenters. The minimum Gasteiger partial charge on any atom is -0.496 e. The molecular formula is C22H22Br2O2. The van der Waals surface area contributed by atoms with Gasteiger partial charge in [0.05, 0.1) is 14.2 Å². The summed E-state index contributed by atoms with van der Waals surface area (Å²) in [6.45, 7) is 0. The minimum absolute atomic E-state index is 0.0210. The molecule has 3 aliphatic rings. The van der Waals surface area contributed by atoms with Crippen LogP contribution in [-0.4, -0.2) is 14.2 Å². The zero-order valence-electron chi connectivity index (χ0n) is 15.1. The summed E-state index contributed by atoms with van der Waals surface area (Å²) in [5.74, 6) is 3.31. The van der Waals surface area contributed by atoms with Gasteiger partial charge in [-0.1, -0.05) is 38.3 Å². The van der Waals surface area contributed by atoms with Crippen LogP contribution in [0.1, 0.15) is 41.5 Å². The van der Waals surface area contributed by atoms with E-state index in [4.69, 9.17) is 9.47 Å². The lowest BCUT2D eigenvalue weighted by atomic mass is 9.59. The molecule has 1 spiro atoms.